The summed E-state index contributed by atoms with van der Waals surface area (Å²) in [6.45, 7) is -1.25. The molecule has 0 radical (unpaired) electrons. The molecule has 2 aromatic carbocycles. The fraction of sp³-hybridized carbons (Fsp3) is 0.200. The molecule has 0 spiro atoms. The van der Waals surface area contributed by atoms with Crippen molar-refractivity contribution in [1.29, 1.82) is 0 Å². The van der Waals surface area contributed by atoms with Crippen molar-refractivity contribution in [3.05, 3.63) is 60.2 Å². The number of rotatable bonds is 9. The molecule has 0 aliphatic carbocycles. The van der Waals surface area contributed by atoms with Gasteiger partial charge in [0.05, 0.1) is 18.4 Å². The summed E-state index contributed by atoms with van der Waals surface area (Å²) in [5, 5.41) is 4.79. The third-order valence-electron chi connectivity index (χ3n) is 3.51. The highest BCUT2D eigenvalue weighted by Crippen LogP contribution is 2.15. The first kappa shape index (κ1) is 21.4. The van der Waals surface area contributed by atoms with Crippen LogP contribution in [0.2, 0.25) is 0 Å². The quantitative estimate of drug-likeness (QED) is 0.606. The number of esters is 2. The predicted octanol–water partition coefficient (Wildman–Crippen LogP) is 1.15. The van der Waals surface area contributed by atoms with Gasteiger partial charge >= 0.3 is 11.9 Å². The van der Waals surface area contributed by atoms with E-state index in [9.17, 15) is 19.2 Å². The summed E-state index contributed by atoms with van der Waals surface area (Å²) in [5.41, 5.74) is 0.395. The second-order valence-corrected chi connectivity index (χ2v) is 5.62. The lowest BCUT2D eigenvalue weighted by Gasteiger charge is -2.10. The van der Waals surface area contributed by atoms with E-state index in [2.05, 4.69) is 15.4 Å². The molecule has 152 valence electrons. The van der Waals surface area contributed by atoms with Crippen LogP contribution in [0.25, 0.3) is 0 Å². The van der Waals surface area contributed by atoms with Gasteiger partial charge in [0.2, 0.25) is 0 Å². The van der Waals surface area contributed by atoms with Crippen LogP contribution in [0.1, 0.15) is 10.4 Å². The molecule has 9 heteroatoms. The zero-order valence-corrected chi connectivity index (χ0v) is 15.7. The van der Waals surface area contributed by atoms with E-state index in [-0.39, 0.29) is 17.9 Å². The molecule has 9 nitrogen and oxygen atoms in total. The largest absolute Gasteiger partial charge is 0.484 e. The van der Waals surface area contributed by atoms with E-state index in [1.54, 1.807) is 36.4 Å². The van der Waals surface area contributed by atoms with Gasteiger partial charge < -0.3 is 24.8 Å². The number of ether oxygens (including phenoxy) is 3. The number of carbonyl (C=O) groups excluding carboxylic acids is 4. The van der Waals surface area contributed by atoms with Crippen LogP contribution in [0.3, 0.4) is 0 Å². The maximum Gasteiger partial charge on any atom is 0.339 e. The Balaban J connectivity index is 1.70. The molecule has 2 rings (SSSR count). The number of methoxy groups -OCH3 is 1. The molecule has 0 unspecified atom stereocenters. The molecule has 0 atom stereocenters. The summed E-state index contributed by atoms with van der Waals surface area (Å²) in [4.78, 5) is 46.9. The van der Waals surface area contributed by atoms with Gasteiger partial charge in [-0.2, -0.15) is 0 Å². The molecule has 0 aromatic heterocycles. The highest BCUT2D eigenvalue weighted by atomic mass is 16.5. The van der Waals surface area contributed by atoms with Crippen molar-refractivity contribution in [1.82, 2.24) is 5.32 Å². The first-order valence-corrected chi connectivity index (χ1v) is 8.57. The zero-order chi connectivity index (χ0) is 21.1. The predicted molar refractivity (Wildman–Crippen MR) is 102 cm³/mol. The second-order valence-electron chi connectivity index (χ2n) is 5.62. The van der Waals surface area contributed by atoms with Crippen molar-refractivity contribution in [2.75, 3.05) is 32.2 Å². The van der Waals surface area contributed by atoms with Crippen molar-refractivity contribution < 1.29 is 33.4 Å². The maximum atomic E-state index is 11.9. The van der Waals surface area contributed by atoms with Crippen LogP contribution in [0.4, 0.5) is 5.69 Å². The molecule has 0 heterocycles. The van der Waals surface area contributed by atoms with Crippen molar-refractivity contribution in [2.24, 2.45) is 0 Å². The highest BCUT2D eigenvalue weighted by Gasteiger charge is 2.15. The second kappa shape index (κ2) is 11.1. The fourth-order valence-corrected chi connectivity index (χ4v) is 2.15. The molecular weight excluding hydrogens is 380 g/mol. The minimum absolute atomic E-state index is 0.167. The lowest BCUT2D eigenvalue weighted by atomic mass is 10.2. The molecule has 0 aliphatic rings. The van der Waals surface area contributed by atoms with E-state index in [1.807, 2.05) is 6.07 Å². The monoisotopic (exact) mass is 400 g/mol. The number of hydrogen-bond donors (Lipinski definition) is 2. The Morgan fingerprint density at radius 2 is 1.55 bits per heavy atom. The molecular formula is C20H20N2O7. The molecule has 0 aliphatic heterocycles. The average molecular weight is 400 g/mol. The summed E-state index contributed by atoms with van der Waals surface area (Å²) in [6.07, 6.45) is 0. The summed E-state index contributed by atoms with van der Waals surface area (Å²) >= 11 is 0. The van der Waals surface area contributed by atoms with Gasteiger partial charge in [0.25, 0.3) is 11.8 Å². The Hall–Kier alpha value is -3.88. The van der Waals surface area contributed by atoms with Gasteiger partial charge in [-0.15, -0.1) is 0 Å². The van der Waals surface area contributed by atoms with Crippen LogP contribution in [0.5, 0.6) is 5.75 Å². The SMILES string of the molecule is COC(=O)c1ccccc1NC(=O)COC(=O)CNC(=O)COc1ccccc1. The van der Waals surface area contributed by atoms with Crippen LogP contribution in [0, 0.1) is 0 Å². The summed E-state index contributed by atoms with van der Waals surface area (Å²) in [6, 6.07) is 15.0. The van der Waals surface area contributed by atoms with Gasteiger partial charge in [0, 0.05) is 0 Å². The fourth-order valence-electron chi connectivity index (χ4n) is 2.15. The maximum absolute atomic E-state index is 11.9. The minimum Gasteiger partial charge on any atom is -0.484 e. The van der Waals surface area contributed by atoms with Crippen molar-refractivity contribution in [3.8, 4) is 5.75 Å². The van der Waals surface area contributed by atoms with Crippen LogP contribution in [0.15, 0.2) is 54.6 Å². The number of amides is 2. The number of hydrogen-bond acceptors (Lipinski definition) is 7. The lowest BCUT2D eigenvalue weighted by molar-refractivity contribution is -0.147. The Kier molecular flexibility index (Phi) is 8.18. The van der Waals surface area contributed by atoms with Crippen LogP contribution >= 0.6 is 0 Å². The Morgan fingerprint density at radius 3 is 2.28 bits per heavy atom. The summed E-state index contributed by atoms with van der Waals surface area (Å²) in [7, 11) is 1.22. The van der Waals surface area contributed by atoms with E-state index in [0.29, 0.717) is 5.75 Å². The molecule has 0 saturated heterocycles. The average Bonchev–Trinajstić information content (AvgIpc) is 2.75. The van der Waals surface area contributed by atoms with Gasteiger partial charge in [-0.1, -0.05) is 30.3 Å². The van der Waals surface area contributed by atoms with Crippen molar-refractivity contribution in [2.45, 2.75) is 0 Å². The Labute approximate surface area is 166 Å². The topological polar surface area (TPSA) is 120 Å². The van der Waals surface area contributed by atoms with Crippen LogP contribution < -0.4 is 15.4 Å². The molecule has 0 bridgehead atoms. The highest BCUT2D eigenvalue weighted by molar-refractivity contribution is 6.01. The number of anilines is 1. The van der Waals surface area contributed by atoms with Crippen molar-refractivity contribution in [3.63, 3.8) is 0 Å². The lowest BCUT2D eigenvalue weighted by Crippen LogP contribution is -2.35. The molecule has 29 heavy (non-hydrogen) atoms. The zero-order valence-electron chi connectivity index (χ0n) is 15.7. The smallest absolute Gasteiger partial charge is 0.339 e. The van der Waals surface area contributed by atoms with E-state index in [4.69, 9.17) is 9.47 Å². The van der Waals surface area contributed by atoms with E-state index in [1.165, 1.54) is 19.2 Å². The van der Waals surface area contributed by atoms with Crippen LogP contribution in [-0.2, 0) is 23.9 Å². The van der Waals surface area contributed by atoms with Gasteiger partial charge in [0.1, 0.15) is 12.3 Å². The van der Waals surface area contributed by atoms with E-state index in [0.717, 1.165) is 0 Å². The Bertz CT molecular complexity index is 868. The van der Waals surface area contributed by atoms with E-state index >= 15 is 0 Å². The number of nitrogens with one attached hydrogen (secondary N) is 2. The van der Waals surface area contributed by atoms with Crippen LogP contribution in [-0.4, -0.2) is 50.6 Å². The van der Waals surface area contributed by atoms with Gasteiger partial charge in [-0.05, 0) is 24.3 Å². The van der Waals surface area contributed by atoms with Gasteiger partial charge in [0.15, 0.2) is 13.2 Å². The third-order valence-corrected chi connectivity index (χ3v) is 3.51. The Morgan fingerprint density at radius 1 is 0.862 bits per heavy atom. The molecule has 2 amide bonds. The minimum atomic E-state index is -0.797. The first-order valence-electron chi connectivity index (χ1n) is 8.57. The number of benzene rings is 2. The van der Waals surface area contributed by atoms with Gasteiger partial charge in [-0.3, -0.25) is 14.4 Å². The number of para-hydroxylation sites is 2. The summed E-state index contributed by atoms with van der Waals surface area (Å²) in [5.74, 6) is -2.04. The first-order chi connectivity index (χ1) is 14.0. The van der Waals surface area contributed by atoms with Crippen molar-refractivity contribution >= 4 is 29.4 Å². The normalized spacial score (nSPS) is 9.83. The standard InChI is InChI=1S/C20H20N2O7/c1-27-20(26)15-9-5-6-10-16(15)22-18(24)13-29-19(25)11-21-17(23)12-28-14-7-3-2-4-8-14/h2-10H,11-13H2,1H3,(H,21,23)(H,22,24). The molecule has 0 saturated carbocycles. The molecule has 0 fully saturated rings. The molecule has 2 aromatic rings. The van der Waals surface area contributed by atoms with Gasteiger partial charge in [-0.25, -0.2) is 4.79 Å². The van der Waals surface area contributed by atoms with E-state index < -0.39 is 36.9 Å². The third kappa shape index (κ3) is 7.33. The molecule has 2 N–H and O–H groups in total. The number of carbonyl (C=O) groups is 4. The summed E-state index contributed by atoms with van der Waals surface area (Å²) < 4.78 is 14.7.